The molecule has 0 atom stereocenters. The summed E-state index contributed by atoms with van der Waals surface area (Å²) in [6, 6.07) is 7.63. The maximum atomic E-state index is 5.93. The molecule has 1 heterocycles. The normalized spacial score (nSPS) is 18.5. The molecule has 0 saturated carbocycles. The number of anilines is 1. The molecule has 4 heteroatoms. The van der Waals surface area contributed by atoms with Crippen molar-refractivity contribution < 1.29 is 9.31 Å². The van der Waals surface area contributed by atoms with Crippen LogP contribution in [-0.2, 0) is 9.31 Å². The highest BCUT2D eigenvalue weighted by Crippen LogP contribution is 2.36. The molecule has 2 rings (SSSR count). The fourth-order valence-electron chi connectivity index (χ4n) is 1.68. The van der Waals surface area contributed by atoms with Crippen LogP contribution in [0.3, 0.4) is 0 Å². The molecule has 1 aromatic rings. The van der Waals surface area contributed by atoms with E-state index >= 15 is 0 Å². The molecule has 0 aliphatic carbocycles. The minimum Gasteiger partial charge on any atom is -0.399 e. The largest absolute Gasteiger partial charge is 0.494 e. The molecule has 1 fully saturated rings. The molecule has 0 aromatic heterocycles. The number of nitrogens with two attached hydrogens (primary N) is 1. The van der Waals surface area contributed by atoms with Crippen molar-refractivity contribution in [3.63, 3.8) is 0 Å². The molecule has 114 valence electrons. The van der Waals surface area contributed by atoms with Crippen LogP contribution in [0.5, 0.6) is 0 Å². The Morgan fingerprint density at radius 3 is 1.75 bits per heavy atom. The molecule has 0 bridgehead atoms. The molecular formula is C16H30BNO2. The topological polar surface area (TPSA) is 44.5 Å². The van der Waals surface area contributed by atoms with Crippen molar-refractivity contribution in [1.29, 1.82) is 0 Å². The summed E-state index contributed by atoms with van der Waals surface area (Å²) in [5.41, 5.74) is 6.84. The Labute approximate surface area is 125 Å². The van der Waals surface area contributed by atoms with Gasteiger partial charge in [0.05, 0.1) is 11.2 Å². The number of hydrogen-bond donors (Lipinski definition) is 1. The summed E-state index contributed by atoms with van der Waals surface area (Å²) in [7, 11) is -0.325. The van der Waals surface area contributed by atoms with Crippen LogP contribution >= 0.6 is 0 Å². The van der Waals surface area contributed by atoms with Crippen molar-refractivity contribution in [3.05, 3.63) is 24.3 Å². The van der Waals surface area contributed by atoms with Crippen LogP contribution < -0.4 is 11.2 Å². The molecule has 0 radical (unpaired) electrons. The van der Waals surface area contributed by atoms with Crippen molar-refractivity contribution in [3.8, 4) is 0 Å². The summed E-state index contributed by atoms with van der Waals surface area (Å²) in [5.74, 6) is 0. The van der Waals surface area contributed by atoms with E-state index in [1.54, 1.807) is 0 Å². The molecule has 20 heavy (non-hydrogen) atoms. The lowest BCUT2D eigenvalue weighted by atomic mass is 9.79. The van der Waals surface area contributed by atoms with Gasteiger partial charge in [0, 0.05) is 5.69 Å². The first-order valence-corrected chi connectivity index (χ1v) is 7.53. The van der Waals surface area contributed by atoms with Gasteiger partial charge in [-0.05, 0) is 45.3 Å². The third-order valence-electron chi connectivity index (χ3n) is 3.44. The van der Waals surface area contributed by atoms with E-state index in [1.807, 2.05) is 79.7 Å². The Morgan fingerprint density at radius 1 is 0.900 bits per heavy atom. The first-order chi connectivity index (χ1) is 9.32. The van der Waals surface area contributed by atoms with Gasteiger partial charge in [0.1, 0.15) is 0 Å². The molecule has 1 aliphatic heterocycles. The smallest absolute Gasteiger partial charge is 0.399 e. The minimum atomic E-state index is -0.325. The fraction of sp³-hybridized carbons (Fsp3) is 0.625. The van der Waals surface area contributed by atoms with E-state index in [0.717, 1.165) is 11.2 Å². The molecule has 2 N–H and O–H groups in total. The highest BCUT2D eigenvalue weighted by Gasteiger charge is 2.51. The summed E-state index contributed by atoms with van der Waals surface area (Å²) in [6.45, 7) is 16.2. The van der Waals surface area contributed by atoms with Gasteiger partial charge in [0.15, 0.2) is 0 Å². The Kier molecular flexibility index (Phi) is 7.32. The third kappa shape index (κ3) is 4.25. The van der Waals surface area contributed by atoms with Crippen LogP contribution in [0.1, 0.15) is 55.4 Å². The molecule has 1 aliphatic rings. The van der Waals surface area contributed by atoms with Crippen LogP contribution in [-0.4, -0.2) is 18.3 Å². The van der Waals surface area contributed by atoms with E-state index in [4.69, 9.17) is 15.0 Å². The lowest BCUT2D eigenvalue weighted by molar-refractivity contribution is 0.00578. The van der Waals surface area contributed by atoms with E-state index in [0.29, 0.717) is 0 Å². The van der Waals surface area contributed by atoms with Gasteiger partial charge in [0.25, 0.3) is 0 Å². The molecule has 0 unspecified atom stereocenters. The van der Waals surface area contributed by atoms with E-state index in [-0.39, 0.29) is 18.3 Å². The van der Waals surface area contributed by atoms with Gasteiger partial charge in [-0.2, -0.15) is 0 Å². The number of benzene rings is 1. The number of rotatable bonds is 1. The second-order valence-corrected chi connectivity index (χ2v) is 5.26. The summed E-state index contributed by atoms with van der Waals surface area (Å²) in [5, 5.41) is 0. The molecular weight excluding hydrogens is 249 g/mol. The van der Waals surface area contributed by atoms with Crippen molar-refractivity contribution in [1.82, 2.24) is 0 Å². The average Bonchev–Trinajstić information content (AvgIpc) is 2.63. The van der Waals surface area contributed by atoms with Crippen molar-refractivity contribution in [2.24, 2.45) is 0 Å². The van der Waals surface area contributed by atoms with Crippen LogP contribution in [0.25, 0.3) is 0 Å². The van der Waals surface area contributed by atoms with Crippen LogP contribution in [0.15, 0.2) is 24.3 Å². The van der Waals surface area contributed by atoms with Crippen molar-refractivity contribution >= 4 is 18.3 Å². The van der Waals surface area contributed by atoms with E-state index in [2.05, 4.69) is 0 Å². The lowest BCUT2D eigenvalue weighted by Crippen LogP contribution is -2.41. The molecule has 0 spiro atoms. The Hall–Kier alpha value is -0.995. The van der Waals surface area contributed by atoms with Gasteiger partial charge in [-0.15, -0.1) is 0 Å². The van der Waals surface area contributed by atoms with Gasteiger partial charge in [-0.1, -0.05) is 39.8 Å². The summed E-state index contributed by atoms with van der Waals surface area (Å²) in [4.78, 5) is 0. The molecule has 0 amide bonds. The lowest BCUT2D eigenvalue weighted by Gasteiger charge is -2.32. The van der Waals surface area contributed by atoms with Crippen LogP contribution in [0.2, 0.25) is 0 Å². The standard InChI is InChI=1S/C12H18BNO2.2C2H6/c1-11(2)12(3,4)16-13(15-11)9-6-5-7-10(14)8-9;2*1-2/h5-8H,14H2,1-4H3;2*1-2H3. The highest BCUT2D eigenvalue weighted by atomic mass is 16.7. The quantitative estimate of drug-likeness (QED) is 0.630. The van der Waals surface area contributed by atoms with Crippen LogP contribution in [0.4, 0.5) is 5.69 Å². The summed E-state index contributed by atoms with van der Waals surface area (Å²) in [6.07, 6.45) is 0. The zero-order valence-corrected chi connectivity index (χ0v) is 14.3. The average molecular weight is 279 g/mol. The second-order valence-electron chi connectivity index (χ2n) is 5.26. The highest BCUT2D eigenvalue weighted by molar-refractivity contribution is 6.62. The monoisotopic (exact) mass is 279 g/mol. The summed E-state index contributed by atoms with van der Waals surface area (Å²) >= 11 is 0. The zero-order chi connectivity index (χ0) is 16.0. The van der Waals surface area contributed by atoms with Crippen LogP contribution in [0, 0.1) is 0 Å². The Balaban J connectivity index is 0.000000829. The Morgan fingerprint density at radius 2 is 1.35 bits per heavy atom. The van der Waals surface area contributed by atoms with E-state index in [1.165, 1.54) is 0 Å². The van der Waals surface area contributed by atoms with Crippen molar-refractivity contribution in [2.75, 3.05) is 5.73 Å². The van der Waals surface area contributed by atoms with Gasteiger partial charge in [-0.3, -0.25) is 0 Å². The van der Waals surface area contributed by atoms with Gasteiger partial charge < -0.3 is 15.0 Å². The third-order valence-corrected chi connectivity index (χ3v) is 3.44. The van der Waals surface area contributed by atoms with Crippen molar-refractivity contribution in [2.45, 2.75) is 66.6 Å². The SMILES string of the molecule is CC.CC.CC1(C)OB(c2cccc(N)c2)OC1(C)C. The van der Waals surface area contributed by atoms with Gasteiger partial charge in [-0.25, -0.2) is 0 Å². The zero-order valence-electron chi connectivity index (χ0n) is 14.3. The molecule has 3 nitrogen and oxygen atoms in total. The van der Waals surface area contributed by atoms with Gasteiger partial charge in [0.2, 0.25) is 0 Å². The fourth-order valence-corrected chi connectivity index (χ4v) is 1.68. The van der Waals surface area contributed by atoms with E-state index in [9.17, 15) is 0 Å². The minimum absolute atomic E-state index is 0.303. The first kappa shape index (κ1) is 19.0. The predicted molar refractivity (Wildman–Crippen MR) is 89.3 cm³/mol. The maximum Gasteiger partial charge on any atom is 0.494 e. The summed E-state index contributed by atoms with van der Waals surface area (Å²) < 4.78 is 11.9. The Bertz CT molecular complexity index is 389. The molecule has 1 aromatic carbocycles. The first-order valence-electron chi connectivity index (χ1n) is 7.53. The predicted octanol–water partition coefficient (Wildman–Crippen LogP) is 3.62. The molecule has 1 saturated heterocycles. The number of nitrogen functional groups attached to an aromatic ring is 1. The number of hydrogen-bond acceptors (Lipinski definition) is 3. The maximum absolute atomic E-state index is 5.93. The van der Waals surface area contributed by atoms with E-state index < -0.39 is 0 Å². The van der Waals surface area contributed by atoms with Gasteiger partial charge >= 0.3 is 7.12 Å². The second kappa shape index (κ2) is 7.70.